The average molecular weight is 350 g/mol. The molecule has 1 N–H and O–H groups in total. The number of aromatic amines is 1. The first kappa shape index (κ1) is 14.9. The van der Waals surface area contributed by atoms with E-state index >= 15 is 0 Å². The van der Waals surface area contributed by atoms with Gasteiger partial charge in [0, 0.05) is 18.0 Å². The van der Waals surface area contributed by atoms with Gasteiger partial charge in [-0.25, -0.2) is 5.10 Å². The fourth-order valence-corrected chi connectivity index (χ4v) is 2.29. The second-order valence-electron chi connectivity index (χ2n) is 4.32. The van der Waals surface area contributed by atoms with E-state index in [9.17, 15) is 0 Å². The van der Waals surface area contributed by atoms with Crippen molar-refractivity contribution in [3.63, 3.8) is 0 Å². The molecule has 0 saturated heterocycles. The van der Waals surface area contributed by atoms with Crippen LogP contribution in [0.1, 0.15) is 5.56 Å². The molecule has 2 heterocycles. The molecule has 0 amide bonds. The van der Waals surface area contributed by atoms with Crippen molar-refractivity contribution in [3.8, 4) is 11.4 Å². The van der Waals surface area contributed by atoms with Gasteiger partial charge in [-0.1, -0.05) is 29.3 Å². The maximum absolute atomic E-state index is 5.99. The summed E-state index contributed by atoms with van der Waals surface area (Å²) in [6, 6.07) is 8.91. The lowest BCUT2D eigenvalue weighted by atomic mass is 10.2. The van der Waals surface area contributed by atoms with Crippen LogP contribution in [0.3, 0.4) is 0 Å². The highest BCUT2D eigenvalue weighted by molar-refractivity contribution is 7.71. The van der Waals surface area contributed by atoms with E-state index in [1.54, 1.807) is 30.7 Å². The van der Waals surface area contributed by atoms with Crippen LogP contribution in [0.2, 0.25) is 10.0 Å². The van der Waals surface area contributed by atoms with Crippen LogP contribution in [0, 0.1) is 4.77 Å². The number of nitrogens with one attached hydrogen (secondary N) is 1. The van der Waals surface area contributed by atoms with Gasteiger partial charge in [-0.15, -0.1) is 0 Å². The van der Waals surface area contributed by atoms with Gasteiger partial charge in [0.2, 0.25) is 4.77 Å². The molecule has 1 aromatic carbocycles. The number of pyridine rings is 1. The number of nitrogens with zero attached hydrogens (tertiary/aromatic N) is 4. The third-order valence-electron chi connectivity index (χ3n) is 2.85. The van der Waals surface area contributed by atoms with Crippen LogP contribution in [-0.2, 0) is 0 Å². The molecule has 0 atom stereocenters. The van der Waals surface area contributed by atoms with Gasteiger partial charge in [-0.05, 0) is 42.0 Å². The summed E-state index contributed by atoms with van der Waals surface area (Å²) in [6.45, 7) is 0. The molecular formula is C14H9Cl2N5S. The predicted molar refractivity (Wildman–Crippen MR) is 90.1 cm³/mol. The van der Waals surface area contributed by atoms with Gasteiger partial charge in [-0.2, -0.15) is 14.9 Å². The highest BCUT2D eigenvalue weighted by Gasteiger charge is 2.07. The molecule has 0 radical (unpaired) electrons. The van der Waals surface area contributed by atoms with Gasteiger partial charge in [0.25, 0.3) is 0 Å². The Hall–Kier alpha value is -2.02. The van der Waals surface area contributed by atoms with Crippen LogP contribution in [0.4, 0.5) is 0 Å². The van der Waals surface area contributed by atoms with Crippen molar-refractivity contribution >= 4 is 41.6 Å². The quantitative estimate of drug-likeness (QED) is 0.569. The summed E-state index contributed by atoms with van der Waals surface area (Å²) in [5, 5.41) is 12.2. The van der Waals surface area contributed by atoms with E-state index in [1.807, 2.05) is 18.2 Å². The zero-order valence-corrected chi connectivity index (χ0v) is 13.4. The lowest BCUT2D eigenvalue weighted by molar-refractivity contribution is 0.871. The van der Waals surface area contributed by atoms with Gasteiger partial charge in [0.1, 0.15) is 0 Å². The number of hydrogen-bond acceptors (Lipinski definition) is 4. The topological polar surface area (TPSA) is 58.9 Å². The fourth-order valence-electron chi connectivity index (χ4n) is 1.80. The molecule has 0 aliphatic rings. The van der Waals surface area contributed by atoms with Gasteiger partial charge in [0.15, 0.2) is 5.82 Å². The standard InChI is InChI=1S/C14H9Cl2N5S/c15-11-2-1-9(7-12(11)16)8-18-21-13(19-20-14(21)22)10-3-5-17-6-4-10/h1-8H,(H,20,22). The fraction of sp³-hybridized carbons (Fsp3) is 0. The Balaban J connectivity index is 1.99. The van der Waals surface area contributed by atoms with Crippen molar-refractivity contribution in [1.29, 1.82) is 0 Å². The summed E-state index contributed by atoms with van der Waals surface area (Å²) in [5.74, 6) is 0.601. The van der Waals surface area contributed by atoms with Gasteiger partial charge < -0.3 is 0 Å². The Morgan fingerprint density at radius 3 is 2.64 bits per heavy atom. The minimum atomic E-state index is 0.392. The normalized spacial score (nSPS) is 11.2. The van der Waals surface area contributed by atoms with Crippen molar-refractivity contribution in [1.82, 2.24) is 19.9 Å². The molecule has 0 spiro atoms. The molecule has 0 fully saturated rings. The molecule has 0 bridgehead atoms. The zero-order valence-electron chi connectivity index (χ0n) is 11.1. The molecule has 110 valence electrons. The largest absolute Gasteiger partial charge is 0.265 e. The van der Waals surface area contributed by atoms with Crippen molar-refractivity contribution in [2.45, 2.75) is 0 Å². The Morgan fingerprint density at radius 2 is 1.91 bits per heavy atom. The Bertz CT molecular complexity index is 886. The van der Waals surface area contributed by atoms with E-state index in [0.29, 0.717) is 20.6 Å². The summed E-state index contributed by atoms with van der Waals surface area (Å²) in [7, 11) is 0. The van der Waals surface area contributed by atoms with E-state index in [1.165, 1.54) is 4.68 Å². The maximum Gasteiger partial charge on any atom is 0.216 e. The van der Waals surface area contributed by atoms with Crippen molar-refractivity contribution in [2.75, 3.05) is 0 Å². The molecule has 0 saturated carbocycles. The summed E-state index contributed by atoms with van der Waals surface area (Å²) in [5.41, 5.74) is 1.66. The molecule has 2 aromatic heterocycles. The predicted octanol–water partition coefficient (Wildman–Crippen LogP) is 4.19. The van der Waals surface area contributed by atoms with E-state index in [-0.39, 0.29) is 0 Å². The molecule has 8 heteroatoms. The van der Waals surface area contributed by atoms with E-state index < -0.39 is 0 Å². The molecule has 0 unspecified atom stereocenters. The Labute approximate surface area is 141 Å². The van der Waals surface area contributed by atoms with Crippen molar-refractivity contribution in [2.24, 2.45) is 5.10 Å². The van der Waals surface area contributed by atoms with Crippen LogP contribution in [0.5, 0.6) is 0 Å². The molecule has 22 heavy (non-hydrogen) atoms. The zero-order chi connectivity index (χ0) is 15.5. The summed E-state index contributed by atoms with van der Waals surface area (Å²) in [6.07, 6.45) is 5.00. The Kier molecular flexibility index (Phi) is 4.33. The van der Waals surface area contributed by atoms with Crippen LogP contribution >= 0.6 is 35.4 Å². The average Bonchev–Trinajstić information content (AvgIpc) is 2.90. The minimum Gasteiger partial charge on any atom is -0.265 e. The molecule has 0 aliphatic heterocycles. The van der Waals surface area contributed by atoms with Crippen LogP contribution < -0.4 is 0 Å². The highest BCUT2D eigenvalue weighted by Crippen LogP contribution is 2.22. The summed E-state index contributed by atoms with van der Waals surface area (Å²) in [4.78, 5) is 3.98. The molecule has 5 nitrogen and oxygen atoms in total. The molecular weight excluding hydrogens is 341 g/mol. The van der Waals surface area contributed by atoms with E-state index in [4.69, 9.17) is 35.4 Å². The van der Waals surface area contributed by atoms with Gasteiger partial charge in [0.05, 0.1) is 16.3 Å². The monoisotopic (exact) mass is 349 g/mol. The van der Waals surface area contributed by atoms with Crippen LogP contribution in [0.25, 0.3) is 11.4 Å². The third-order valence-corrected chi connectivity index (χ3v) is 3.86. The molecule has 0 aliphatic carbocycles. The number of benzene rings is 1. The van der Waals surface area contributed by atoms with Gasteiger partial charge in [-0.3, -0.25) is 4.98 Å². The maximum atomic E-state index is 5.99. The van der Waals surface area contributed by atoms with Crippen molar-refractivity contribution in [3.05, 3.63) is 63.1 Å². The van der Waals surface area contributed by atoms with Gasteiger partial charge >= 0.3 is 0 Å². The SMILES string of the molecule is S=c1[nH]nc(-c2ccncc2)n1N=Cc1ccc(Cl)c(Cl)c1. The third kappa shape index (κ3) is 3.09. The number of halogens is 2. The molecule has 3 rings (SSSR count). The smallest absolute Gasteiger partial charge is 0.216 e. The highest BCUT2D eigenvalue weighted by atomic mass is 35.5. The first-order valence-corrected chi connectivity index (χ1v) is 7.39. The number of aromatic nitrogens is 4. The lowest BCUT2D eigenvalue weighted by Crippen LogP contribution is -1.95. The first-order valence-electron chi connectivity index (χ1n) is 6.22. The minimum absolute atomic E-state index is 0.392. The number of rotatable bonds is 3. The van der Waals surface area contributed by atoms with Crippen LogP contribution in [-0.4, -0.2) is 26.1 Å². The lowest BCUT2D eigenvalue weighted by Gasteiger charge is -2.01. The second-order valence-corrected chi connectivity index (χ2v) is 5.52. The number of hydrogen-bond donors (Lipinski definition) is 1. The van der Waals surface area contributed by atoms with E-state index in [2.05, 4.69) is 20.3 Å². The summed E-state index contributed by atoms with van der Waals surface area (Å²) >= 11 is 17.1. The van der Waals surface area contributed by atoms with E-state index in [0.717, 1.165) is 11.1 Å². The summed E-state index contributed by atoms with van der Waals surface area (Å²) < 4.78 is 1.93. The van der Waals surface area contributed by atoms with Crippen molar-refractivity contribution < 1.29 is 0 Å². The van der Waals surface area contributed by atoms with Crippen LogP contribution in [0.15, 0.2) is 47.8 Å². The Morgan fingerprint density at radius 1 is 1.14 bits per heavy atom. The first-order chi connectivity index (χ1) is 10.6. The second kappa shape index (κ2) is 6.39. The number of H-pyrrole nitrogens is 1. The molecule has 3 aromatic rings.